The third-order valence-electron chi connectivity index (χ3n) is 4.28. The smallest absolute Gasteiger partial charge is 0.278 e. The van der Waals surface area contributed by atoms with Crippen molar-refractivity contribution in [1.29, 1.82) is 5.26 Å². The number of fused-ring (bicyclic) bond motifs is 1. The molecule has 1 saturated heterocycles. The number of aromatic nitrogens is 1. The molecular weight excluding hydrogens is 306 g/mol. The van der Waals surface area contributed by atoms with Crippen LogP contribution < -0.4 is 10.9 Å². The summed E-state index contributed by atoms with van der Waals surface area (Å²) in [7, 11) is 2.03. The molecule has 1 fully saturated rings. The Morgan fingerprint density at radius 2 is 2.04 bits per heavy atom. The quantitative estimate of drug-likeness (QED) is 0.881. The van der Waals surface area contributed by atoms with Gasteiger partial charge in [0.2, 0.25) is 5.91 Å². The number of pyridine rings is 2. The van der Waals surface area contributed by atoms with Gasteiger partial charge in [0.25, 0.3) is 5.56 Å². The topological polar surface area (TPSA) is 80.8 Å². The number of anilines is 1. The van der Waals surface area contributed by atoms with Crippen LogP contribution in [0.15, 0.2) is 35.3 Å². The molecule has 0 unspecified atom stereocenters. The summed E-state index contributed by atoms with van der Waals surface area (Å²) in [6, 6.07) is 8.83. The molecule has 7 heteroatoms. The number of amides is 1. The predicted molar refractivity (Wildman–Crippen MR) is 90.9 cm³/mol. The van der Waals surface area contributed by atoms with Crippen molar-refractivity contribution in [3.8, 4) is 6.07 Å². The van der Waals surface area contributed by atoms with E-state index >= 15 is 0 Å². The van der Waals surface area contributed by atoms with Crippen LogP contribution in [0.4, 0.5) is 5.69 Å². The van der Waals surface area contributed by atoms with Crippen molar-refractivity contribution in [3.63, 3.8) is 0 Å². The van der Waals surface area contributed by atoms with Gasteiger partial charge in [0.15, 0.2) is 0 Å². The van der Waals surface area contributed by atoms with Crippen LogP contribution in [0.5, 0.6) is 0 Å². The van der Waals surface area contributed by atoms with Crippen molar-refractivity contribution >= 4 is 17.1 Å². The second kappa shape index (κ2) is 6.72. The first-order valence-corrected chi connectivity index (χ1v) is 7.85. The van der Waals surface area contributed by atoms with Crippen molar-refractivity contribution in [3.05, 3.63) is 46.4 Å². The lowest BCUT2D eigenvalue weighted by atomic mass is 10.2. The van der Waals surface area contributed by atoms with Crippen LogP contribution in [0.2, 0.25) is 0 Å². The zero-order valence-electron chi connectivity index (χ0n) is 13.5. The van der Waals surface area contributed by atoms with Crippen LogP contribution in [0.25, 0.3) is 5.52 Å². The fraction of sp³-hybridized carbons (Fsp3) is 0.353. The van der Waals surface area contributed by atoms with Gasteiger partial charge in [0, 0.05) is 32.4 Å². The molecule has 0 bridgehead atoms. The number of piperazine rings is 1. The second-order valence-corrected chi connectivity index (χ2v) is 5.88. The van der Waals surface area contributed by atoms with E-state index in [-0.39, 0.29) is 23.7 Å². The lowest BCUT2D eigenvalue weighted by Crippen LogP contribution is -2.48. The second-order valence-electron chi connectivity index (χ2n) is 5.88. The lowest BCUT2D eigenvalue weighted by molar-refractivity contribution is -0.130. The number of nitrogens with one attached hydrogen (secondary N) is 1. The van der Waals surface area contributed by atoms with Crippen LogP contribution in [0.1, 0.15) is 5.56 Å². The van der Waals surface area contributed by atoms with Gasteiger partial charge in [0.05, 0.1) is 17.6 Å². The summed E-state index contributed by atoms with van der Waals surface area (Å²) < 4.78 is 1.42. The van der Waals surface area contributed by atoms with E-state index in [2.05, 4.69) is 16.3 Å². The monoisotopic (exact) mass is 325 g/mol. The van der Waals surface area contributed by atoms with Crippen molar-refractivity contribution < 1.29 is 4.79 Å². The van der Waals surface area contributed by atoms with E-state index in [9.17, 15) is 14.9 Å². The average Bonchev–Trinajstić information content (AvgIpc) is 2.61. The minimum Gasteiger partial charge on any atom is -0.372 e. The average molecular weight is 325 g/mol. The molecule has 3 rings (SSSR count). The summed E-state index contributed by atoms with van der Waals surface area (Å²) in [5, 5.41) is 12.2. The summed E-state index contributed by atoms with van der Waals surface area (Å²) in [5.74, 6) is -0.0424. The van der Waals surface area contributed by atoms with Gasteiger partial charge in [-0.2, -0.15) is 5.26 Å². The minimum absolute atomic E-state index is 0.0424. The molecule has 1 N–H and O–H groups in total. The highest BCUT2D eigenvalue weighted by Crippen LogP contribution is 2.12. The molecule has 3 heterocycles. The highest BCUT2D eigenvalue weighted by atomic mass is 16.2. The molecule has 0 spiro atoms. The molecule has 1 amide bonds. The molecule has 24 heavy (non-hydrogen) atoms. The Morgan fingerprint density at radius 1 is 1.29 bits per heavy atom. The molecule has 1 aliphatic rings. The maximum absolute atomic E-state index is 12.5. The minimum atomic E-state index is -0.268. The molecule has 2 aromatic rings. The normalized spacial score (nSPS) is 15.2. The van der Waals surface area contributed by atoms with Crippen molar-refractivity contribution in [2.45, 2.75) is 0 Å². The Balaban J connectivity index is 1.78. The highest BCUT2D eigenvalue weighted by Gasteiger charge is 2.19. The number of rotatable bonds is 3. The van der Waals surface area contributed by atoms with E-state index in [1.807, 2.05) is 7.05 Å². The van der Waals surface area contributed by atoms with Crippen molar-refractivity contribution in [2.75, 3.05) is 45.1 Å². The molecule has 1 aliphatic heterocycles. The molecule has 124 valence electrons. The van der Waals surface area contributed by atoms with Crippen LogP contribution in [-0.4, -0.2) is 59.9 Å². The molecule has 0 aromatic carbocycles. The Labute approximate surface area is 139 Å². The number of nitriles is 1. The summed E-state index contributed by atoms with van der Waals surface area (Å²) in [5.41, 5.74) is 0.944. The predicted octanol–water partition coefficient (Wildman–Crippen LogP) is 0.357. The van der Waals surface area contributed by atoms with E-state index in [4.69, 9.17) is 0 Å². The maximum atomic E-state index is 12.5. The van der Waals surface area contributed by atoms with Crippen LogP contribution >= 0.6 is 0 Å². The number of hydrogen-bond donors (Lipinski definition) is 1. The molecule has 0 atom stereocenters. The number of nitrogens with zero attached hydrogens (tertiary/aromatic N) is 4. The van der Waals surface area contributed by atoms with E-state index < -0.39 is 0 Å². The zero-order valence-corrected chi connectivity index (χ0v) is 13.5. The number of carbonyl (C=O) groups is 1. The SMILES string of the molecule is CN1CCN(C(=O)CNc2cc(C#N)c3ccccn3c2=O)CC1. The Morgan fingerprint density at radius 3 is 2.75 bits per heavy atom. The van der Waals surface area contributed by atoms with Crippen molar-refractivity contribution in [2.24, 2.45) is 0 Å². The van der Waals surface area contributed by atoms with Crippen molar-refractivity contribution in [1.82, 2.24) is 14.2 Å². The highest BCUT2D eigenvalue weighted by molar-refractivity contribution is 5.81. The first-order chi connectivity index (χ1) is 11.6. The molecular formula is C17H19N5O2. The summed E-state index contributed by atoms with van der Waals surface area (Å²) in [4.78, 5) is 28.7. The Hall–Kier alpha value is -2.85. The first-order valence-electron chi connectivity index (χ1n) is 7.85. The summed E-state index contributed by atoms with van der Waals surface area (Å²) in [6.07, 6.45) is 1.62. The standard InChI is InChI=1S/C17H19N5O2/c1-20-6-8-21(9-7-20)16(23)12-19-14-10-13(11-18)15-4-2-3-5-22(15)17(14)24/h2-5,10,19H,6-9,12H2,1H3. The maximum Gasteiger partial charge on any atom is 0.278 e. The first kappa shape index (κ1) is 16.0. The Kier molecular flexibility index (Phi) is 4.49. The number of likely N-dealkylation sites (N-methyl/N-ethyl adjacent to an activating group) is 1. The summed E-state index contributed by atoms with van der Waals surface area (Å²) >= 11 is 0. The van der Waals surface area contributed by atoms with Crippen LogP contribution in [0.3, 0.4) is 0 Å². The van der Waals surface area contributed by atoms with Gasteiger partial charge < -0.3 is 15.1 Å². The van der Waals surface area contributed by atoms with Gasteiger partial charge in [-0.1, -0.05) is 6.07 Å². The van der Waals surface area contributed by atoms with E-state index in [1.165, 1.54) is 10.5 Å². The molecule has 0 saturated carbocycles. The van der Waals surface area contributed by atoms with Crippen LogP contribution in [0, 0.1) is 11.3 Å². The lowest BCUT2D eigenvalue weighted by Gasteiger charge is -2.32. The van der Waals surface area contributed by atoms with Gasteiger partial charge in [0.1, 0.15) is 11.8 Å². The largest absolute Gasteiger partial charge is 0.372 e. The van der Waals surface area contributed by atoms with E-state index in [0.717, 1.165) is 13.1 Å². The fourth-order valence-corrected chi connectivity index (χ4v) is 2.80. The summed E-state index contributed by atoms with van der Waals surface area (Å²) in [6.45, 7) is 3.13. The third kappa shape index (κ3) is 3.09. The van der Waals surface area contributed by atoms with E-state index in [1.54, 1.807) is 29.3 Å². The molecule has 2 aromatic heterocycles. The number of hydrogen-bond acceptors (Lipinski definition) is 5. The van der Waals surface area contributed by atoms with Gasteiger partial charge >= 0.3 is 0 Å². The van der Waals surface area contributed by atoms with Gasteiger partial charge in [-0.3, -0.25) is 14.0 Å². The van der Waals surface area contributed by atoms with Crippen LogP contribution in [-0.2, 0) is 4.79 Å². The fourth-order valence-electron chi connectivity index (χ4n) is 2.80. The zero-order chi connectivity index (χ0) is 17.1. The van der Waals surface area contributed by atoms with Gasteiger partial charge in [-0.15, -0.1) is 0 Å². The molecule has 0 aliphatic carbocycles. The van der Waals surface area contributed by atoms with E-state index in [0.29, 0.717) is 24.2 Å². The third-order valence-corrected chi connectivity index (χ3v) is 4.28. The number of carbonyl (C=O) groups excluding carboxylic acids is 1. The van der Waals surface area contributed by atoms with Gasteiger partial charge in [-0.05, 0) is 25.2 Å². The molecule has 7 nitrogen and oxygen atoms in total. The van der Waals surface area contributed by atoms with Gasteiger partial charge in [-0.25, -0.2) is 0 Å². The Bertz CT molecular complexity index is 859. The molecule has 0 radical (unpaired) electrons.